The van der Waals surface area contributed by atoms with Crippen molar-refractivity contribution in [2.45, 2.75) is 63.3 Å². The first-order valence-corrected chi connectivity index (χ1v) is 12.2. The van der Waals surface area contributed by atoms with Crippen LogP contribution in [0.5, 0.6) is 5.75 Å². The minimum absolute atomic E-state index is 0.0151. The molecule has 6 heterocycles. The average Bonchev–Trinajstić information content (AvgIpc) is 2.88. The van der Waals surface area contributed by atoms with Gasteiger partial charge in [-0.05, 0) is 63.3 Å². The summed E-state index contributed by atoms with van der Waals surface area (Å²) in [6.45, 7) is 3.87. The highest BCUT2D eigenvalue weighted by molar-refractivity contribution is 5.94. The van der Waals surface area contributed by atoms with E-state index in [0.717, 1.165) is 54.4 Å². The molecule has 2 saturated heterocycles. The molecule has 182 valence electrons. The molecule has 3 aromatic rings. The molecular weight excluding hydrogens is 446 g/mol. The van der Waals surface area contributed by atoms with E-state index in [1.54, 1.807) is 12.3 Å². The zero-order chi connectivity index (χ0) is 24.0. The molecule has 1 amide bonds. The van der Waals surface area contributed by atoms with Crippen molar-refractivity contribution in [2.75, 3.05) is 18.5 Å². The number of anilines is 1. The molecule has 2 N–H and O–H groups in total. The minimum atomic E-state index is -0.185. The Morgan fingerprint density at radius 2 is 1.97 bits per heavy atom. The fourth-order valence-electron chi connectivity index (χ4n) is 5.61. The van der Waals surface area contributed by atoms with Crippen molar-refractivity contribution in [2.24, 2.45) is 0 Å². The van der Waals surface area contributed by atoms with Crippen LogP contribution in [0.25, 0.3) is 10.9 Å². The van der Waals surface area contributed by atoms with Crippen molar-refractivity contribution in [3.8, 4) is 5.75 Å². The average molecular weight is 476 g/mol. The molecule has 1 saturated carbocycles. The van der Waals surface area contributed by atoms with E-state index >= 15 is 0 Å². The second kappa shape index (κ2) is 8.42. The lowest BCUT2D eigenvalue weighted by Gasteiger charge is -2.53. The molecule has 0 atom stereocenters. The fourth-order valence-corrected chi connectivity index (χ4v) is 5.61. The second-order valence-corrected chi connectivity index (χ2v) is 9.99. The monoisotopic (exact) mass is 475 g/mol. The number of carbonyl (C=O) groups excluding carboxylic acids is 1. The van der Waals surface area contributed by atoms with Gasteiger partial charge in [0.25, 0.3) is 11.5 Å². The molecule has 3 fully saturated rings. The van der Waals surface area contributed by atoms with Crippen LogP contribution in [-0.2, 0) is 22.6 Å². The number of aromatic nitrogens is 3. The van der Waals surface area contributed by atoms with E-state index in [4.69, 9.17) is 9.47 Å². The molecule has 2 bridgehead atoms. The second-order valence-electron chi connectivity index (χ2n) is 9.99. The number of aryl methyl sites for hydroxylation is 2. The van der Waals surface area contributed by atoms with Gasteiger partial charge in [-0.25, -0.2) is 4.98 Å². The highest BCUT2D eigenvalue weighted by Crippen LogP contribution is 2.45. The van der Waals surface area contributed by atoms with Crippen molar-refractivity contribution < 1.29 is 14.3 Å². The predicted octanol–water partition coefficient (Wildman–Crippen LogP) is 2.69. The highest BCUT2D eigenvalue weighted by atomic mass is 16.5. The maximum Gasteiger partial charge on any atom is 0.263 e. The van der Waals surface area contributed by atoms with Crippen molar-refractivity contribution >= 4 is 22.6 Å². The molecule has 3 aromatic heterocycles. The maximum absolute atomic E-state index is 12.7. The number of fused-ring (bicyclic) bond motifs is 5. The number of ether oxygens (including phenoxy) is 2. The normalized spacial score (nSPS) is 25.2. The molecule has 0 radical (unpaired) electrons. The summed E-state index contributed by atoms with van der Waals surface area (Å²) in [4.78, 5) is 33.1. The number of nitrogens with one attached hydrogen (secondary N) is 2. The van der Waals surface area contributed by atoms with Gasteiger partial charge in [-0.3, -0.25) is 14.6 Å². The summed E-state index contributed by atoms with van der Waals surface area (Å²) in [6, 6.07) is 9.21. The SMILES string of the molecule is Cc1nccc2c1ccc(=O)n2CCC12CCC(NCc3ccc4c(n3)NC(=O)CO4)(CC1)CO2. The number of rotatable bonds is 6. The van der Waals surface area contributed by atoms with Gasteiger partial charge >= 0.3 is 0 Å². The van der Waals surface area contributed by atoms with Crippen LogP contribution in [0.15, 0.2) is 41.3 Å². The largest absolute Gasteiger partial charge is 0.480 e. The molecule has 4 aliphatic rings. The minimum Gasteiger partial charge on any atom is -0.480 e. The third kappa shape index (κ3) is 4.08. The summed E-state index contributed by atoms with van der Waals surface area (Å²) in [7, 11) is 0. The van der Waals surface area contributed by atoms with Gasteiger partial charge in [0.15, 0.2) is 18.2 Å². The lowest BCUT2D eigenvalue weighted by atomic mass is 9.70. The van der Waals surface area contributed by atoms with E-state index in [-0.39, 0.29) is 29.2 Å². The topological polar surface area (TPSA) is 107 Å². The summed E-state index contributed by atoms with van der Waals surface area (Å²) in [5, 5.41) is 7.47. The van der Waals surface area contributed by atoms with Crippen LogP contribution in [0, 0.1) is 6.92 Å². The van der Waals surface area contributed by atoms with E-state index in [2.05, 4.69) is 20.6 Å². The van der Waals surface area contributed by atoms with Crippen LogP contribution in [-0.4, -0.2) is 44.8 Å². The third-order valence-corrected chi connectivity index (χ3v) is 7.86. The Hall–Kier alpha value is -3.30. The lowest BCUT2D eigenvalue weighted by molar-refractivity contribution is -0.167. The van der Waals surface area contributed by atoms with E-state index < -0.39 is 0 Å². The quantitative estimate of drug-likeness (QED) is 0.564. The van der Waals surface area contributed by atoms with Gasteiger partial charge in [0.1, 0.15) is 0 Å². The van der Waals surface area contributed by atoms with Crippen LogP contribution < -0.4 is 20.9 Å². The van der Waals surface area contributed by atoms with Gasteiger partial charge in [0, 0.05) is 42.0 Å². The van der Waals surface area contributed by atoms with Gasteiger partial charge in [0.2, 0.25) is 0 Å². The van der Waals surface area contributed by atoms with E-state index in [1.165, 1.54) is 0 Å². The molecule has 0 aromatic carbocycles. The summed E-state index contributed by atoms with van der Waals surface area (Å²) in [5.74, 6) is 0.900. The Labute approximate surface area is 202 Å². The predicted molar refractivity (Wildman–Crippen MR) is 130 cm³/mol. The zero-order valence-electron chi connectivity index (χ0n) is 19.8. The summed E-state index contributed by atoms with van der Waals surface area (Å²) >= 11 is 0. The molecule has 9 nitrogen and oxygen atoms in total. The summed E-state index contributed by atoms with van der Waals surface area (Å²) < 4.78 is 13.7. The Morgan fingerprint density at radius 1 is 1.11 bits per heavy atom. The molecule has 9 heteroatoms. The Kier molecular flexibility index (Phi) is 5.34. The first-order valence-electron chi connectivity index (χ1n) is 12.2. The molecule has 3 aliphatic heterocycles. The first kappa shape index (κ1) is 22.2. The number of hydrogen-bond donors (Lipinski definition) is 2. The zero-order valence-corrected chi connectivity index (χ0v) is 19.8. The van der Waals surface area contributed by atoms with Crippen molar-refractivity contribution in [3.63, 3.8) is 0 Å². The van der Waals surface area contributed by atoms with E-state index in [0.29, 0.717) is 31.3 Å². The van der Waals surface area contributed by atoms with E-state index in [9.17, 15) is 9.59 Å². The van der Waals surface area contributed by atoms with Crippen LogP contribution in [0.2, 0.25) is 0 Å². The van der Waals surface area contributed by atoms with Gasteiger partial charge in [0.05, 0.1) is 23.4 Å². The van der Waals surface area contributed by atoms with E-state index in [1.807, 2.05) is 35.8 Å². The summed E-state index contributed by atoms with van der Waals surface area (Å²) in [6.07, 6.45) is 6.54. The van der Waals surface area contributed by atoms with Crippen LogP contribution >= 0.6 is 0 Å². The molecule has 35 heavy (non-hydrogen) atoms. The van der Waals surface area contributed by atoms with Crippen molar-refractivity contribution in [1.29, 1.82) is 0 Å². The van der Waals surface area contributed by atoms with Gasteiger partial charge < -0.3 is 24.7 Å². The van der Waals surface area contributed by atoms with Gasteiger partial charge in [-0.1, -0.05) is 0 Å². The molecule has 0 spiro atoms. The van der Waals surface area contributed by atoms with Crippen LogP contribution in [0.4, 0.5) is 5.82 Å². The maximum atomic E-state index is 12.7. The van der Waals surface area contributed by atoms with Crippen LogP contribution in [0.3, 0.4) is 0 Å². The third-order valence-electron chi connectivity index (χ3n) is 7.86. The Morgan fingerprint density at radius 3 is 2.77 bits per heavy atom. The number of hydrogen-bond acceptors (Lipinski definition) is 7. The molecule has 7 rings (SSSR count). The van der Waals surface area contributed by atoms with Gasteiger partial charge in [-0.2, -0.15) is 0 Å². The fraction of sp³-hybridized carbons (Fsp3) is 0.462. The first-order chi connectivity index (χ1) is 16.9. The standard InChI is InChI=1S/C26H29N5O4/c1-17-19-3-5-23(33)31(20(19)6-12-27-17)13-11-26-9-7-25(8-10-26,16-35-26)28-14-18-2-4-21-24(29-18)30-22(32)15-34-21/h2-6,12,28H,7-11,13-16H2,1H3,(H,29,30,32). The number of amides is 1. The number of carbonyl (C=O) groups is 1. The Bertz CT molecular complexity index is 1340. The molecular formula is C26H29N5O4. The Balaban J connectivity index is 1.10. The smallest absolute Gasteiger partial charge is 0.263 e. The molecule has 1 aliphatic carbocycles. The molecule has 0 unspecified atom stereocenters. The number of pyridine rings is 3. The van der Waals surface area contributed by atoms with Crippen LogP contribution in [0.1, 0.15) is 43.5 Å². The number of nitrogens with zero attached hydrogens (tertiary/aromatic N) is 3. The van der Waals surface area contributed by atoms with Crippen molar-refractivity contribution in [3.05, 3.63) is 58.3 Å². The highest BCUT2D eigenvalue weighted by Gasteiger charge is 2.49. The lowest BCUT2D eigenvalue weighted by Crippen LogP contribution is -2.61. The summed E-state index contributed by atoms with van der Waals surface area (Å²) in [5.41, 5.74) is 2.48. The van der Waals surface area contributed by atoms with Crippen molar-refractivity contribution in [1.82, 2.24) is 19.9 Å². The van der Waals surface area contributed by atoms with Gasteiger partial charge in [-0.15, -0.1) is 0 Å².